The summed E-state index contributed by atoms with van der Waals surface area (Å²) < 4.78 is 0. The minimum Gasteiger partial charge on any atom is -0.389 e. The number of hydrogen-bond acceptors (Lipinski definition) is 4. The molecule has 0 aliphatic carbocycles. The number of nitrogens with zero attached hydrogens (tertiary/aromatic N) is 2. The van der Waals surface area contributed by atoms with Crippen molar-refractivity contribution in [2.75, 3.05) is 5.73 Å². The Labute approximate surface area is 122 Å². The summed E-state index contributed by atoms with van der Waals surface area (Å²) >= 11 is 1.56. The minimum absolute atomic E-state index is 0.00898. The van der Waals surface area contributed by atoms with Gasteiger partial charge in [-0.15, -0.1) is 11.3 Å². The maximum atomic E-state index is 6.19. The van der Waals surface area contributed by atoms with Gasteiger partial charge in [0.15, 0.2) is 0 Å². The van der Waals surface area contributed by atoms with Gasteiger partial charge in [-0.3, -0.25) is 4.98 Å². The molecule has 1 aromatic carbocycles. The summed E-state index contributed by atoms with van der Waals surface area (Å²) in [4.78, 5) is 9.07. The van der Waals surface area contributed by atoms with Gasteiger partial charge in [-0.1, -0.05) is 45.0 Å². The van der Waals surface area contributed by atoms with Gasteiger partial charge in [0.05, 0.1) is 0 Å². The second-order valence-electron chi connectivity index (χ2n) is 5.89. The quantitative estimate of drug-likeness (QED) is 0.726. The molecule has 0 aliphatic rings. The molecule has 0 fully saturated rings. The summed E-state index contributed by atoms with van der Waals surface area (Å²) in [5.41, 5.74) is 8.06. The molecule has 3 nitrogen and oxygen atoms in total. The van der Waals surface area contributed by atoms with Gasteiger partial charge in [0.2, 0.25) is 0 Å². The maximum Gasteiger partial charge on any atom is 0.114 e. The van der Waals surface area contributed by atoms with Crippen molar-refractivity contribution in [3.63, 3.8) is 0 Å². The molecule has 20 heavy (non-hydrogen) atoms. The van der Waals surface area contributed by atoms with Crippen molar-refractivity contribution < 1.29 is 0 Å². The number of hydrogen-bond donors (Lipinski definition) is 1. The Hall–Kier alpha value is -1.94. The van der Waals surface area contributed by atoms with Gasteiger partial charge in [0.1, 0.15) is 15.7 Å². The number of thiazole rings is 1. The average molecular weight is 283 g/mol. The zero-order valence-corrected chi connectivity index (χ0v) is 12.7. The Kier molecular flexibility index (Phi) is 2.98. The first-order valence-electron chi connectivity index (χ1n) is 6.57. The van der Waals surface area contributed by atoms with Crippen LogP contribution in [0, 0.1) is 0 Å². The molecule has 2 N–H and O–H groups in total. The molecule has 0 aliphatic heterocycles. The lowest BCUT2D eigenvalue weighted by atomic mass is 9.98. The molecule has 0 atom stereocenters. The summed E-state index contributed by atoms with van der Waals surface area (Å²) in [5.74, 6) is 0. The fourth-order valence-electron chi connectivity index (χ4n) is 2.15. The van der Waals surface area contributed by atoms with Crippen molar-refractivity contribution >= 4 is 27.1 Å². The van der Waals surface area contributed by atoms with Crippen LogP contribution in [0.2, 0.25) is 0 Å². The molecule has 0 amide bonds. The van der Waals surface area contributed by atoms with Crippen molar-refractivity contribution in [1.82, 2.24) is 9.97 Å². The van der Waals surface area contributed by atoms with Crippen LogP contribution >= 0.6 is 11.3 Å². The molecule has 3 aromatic rings. The lowest BCUT2D eigenvalue weighted by molar-refractivity contribution is 0.586. The Balaban J connectivity index is 2.24. The molecule has 0 bridgehead atoms. The average Bonchev–Trinajstić information content (AvgIpc) is 2.80. The first-order valence-corrected chi connectivity index (χ1v) is 7.38. The summed E-state index contributed by atoms with van der Waals surface area (Å²) in [6.07, 6.45) is 3.71. The molecule has 4 heteroatoms. The minimum atomic E-state index is 0.00898. The zero-order chi connectivity index (χ0) is 14.3. The molecule has 2 heterocycles. The highest BCUT2D eigenvalue weighted by molar-refractivity contribution is 7.16. The fraction of sp³-hybridized carbons (Fsp3) is 0.250. The van der Waals surface area contributed by atoms with E-state index in [1.54, 1.807) is 11.3 Å². The first kappa shape index (κ1) is 13.1. The van der Waals surface area contributed by atoms with Crippen molar-refractivity contribution in [1.29, 1.82) is 0 Å². The Bertz CT molecular complexity index is 763. The van der Waals surface area contributed by atoms with Crippen LogP contribution in [-0.2, 0) is 5.41 Å². The van der Waals surface area contributed by atoms with Crippen LogP contribution in [0.25, 0.3) is 22.0 Å². The van der Waals surface area contributed by atoms with Gasteiger partial charge in [-0.05, 0) is 5.39 Å². The molecule has 0 spiro atoms. The number of fused-ring (bicyclic) bond motifs is 1. The van der Waals surface area contributed by atoms with Crippen LogP contribution in [0.3, 0.4) is 0 Å². The molecule has 2 aromatic heterocycles. The smallest absolute Gasteiger partial charge is 0.114 e. The third kappa shape index (κ3) is 2.16. The van der Waals surface area contributed by atoms with Crippen molar-refractivity contribution in [2.45, 2.75) is 26.2 Å². The highest BCUT2D eigenvalue weighted by atomic mass is 32.1. The van der Waals surface area contributed by atoms with Crippen LogP contribution in [0.1, 0.15) is 25.8 Å². The van der Waals surface area contributed by atoms with E-state index in [0.717, 1.165) is 32.0 Å². The predicted octanol–water partition coefficient (Wildman–Crippen LogP) is 4.24. The van der Waals surface area contributed by atoms with E-state index in [2.05, 4.69) is 37.9 Å². The number of nitrogen functional groups attached to an aromatic ring is 1. The Morgan fingerprint density at radius 2 is 1.85 bits per heavy atom. The summed E-state index contributed by atoms with van der Waals surface area (Å²) in [6, 6.07) is 8.18. The van der Waals surface area contributed by atoms with Gasteiger partial charge in [-0.2, -0.15) is 0 Å². The maximum absolute atomic E-state index is 6.19. The van der Waals surface area contributed by atoms with Crippen molar-refractivity contribution in [2.24, 2.45) is 0 Å². The van der Waals surface area contributed by atoms with E-state index < -0.39 is 0 Å². The van der Waals surface area contributed by atoms with E-state index in [0.29, 0.717) is 0 Å². The molecule has 0 saturated heterocycles. The van der Waals surface area contributed by atoms with E-state index in [4.69, 9.17) is 10.7 Å². The Morgan fingerprint density at radius 3 is 2.55 bits per heavy atom. The number of benzene rings is 1. The van der Waals surface area contributed by atoms with E-state index in [1.807, 2.05) is 24.5 Å². The topological polar surface area (TPSA) is 51.8 Å². The molecule has 0 saturated carbocycles. The first-order chi connectivity index (χ1) is 9.47. The normalized spacial score (nSPS) is 11.9. The number of aromatic nitrogens is 2. The summed E-state index contributed by atoms with van der Waals surface area (Å²) in [7, 11) is 0. The predicted molar refractivity (Wildman–Crippen MR) is 86.0 cm³/mol. The monoisotopic (exact) mass is 283 g/mol. The number of rotatable bonds is 1. The number of anilines is 1. The second-order valence-corrected chi connectivity index (χ2v) is 6.92. The van der Waals surface area contributed by atoms with Gasteiger partial charge >= 0.3 is 0 Å². The van der Waals surface area contributed by atoms with Gasteiger partial charge in [0.25, 0.3) is 0 Å². The van der Waals surface area contributed by atoms with E-state index >= 15 is 0 Å². The zero-order valence-electron chi connectivity index (χ0n) is 11.8. The van der Waals surface area contributed by atoms with Gasteiger partial charge in [-0.25, -0.2) is 4.98 Å². The van der Waals surface area contributed by atoms with E-state index in [-0.39, 0.29) is 5.41 Å². The van der Waals surface area contributed by atoms with Crippen molar-refractivity contribution in [3.8, 4) is 11.3 Å². The highest BCUT2D eigenvalue weighted by Gasteiger charge is 2.22. The molecule has 0 radical (unpaired) electrons. The standard InChI is InChI=1S/C16H17N3S/c1-16(2,3)15-19-13(14(17)20-15)12-9-18-8-10-6-4-5-7-11(10)12/h4-9H,17H2,1-3H3. The van der Waals surface area contributed by atoms with Crippen LogP contribution < -0.4 is 5.73 Å². The van der Waals surface area contributed by atoms with Crippen molar-refractivity contribution in [3.05, 3.63) is 41.7 Å². The second kappa shape index (κ2) is 4.56. The third-order valence-electron chi connectivity index (χ3n) is 3.22. The molecular weight excluding hydrogens is 266 g/mol. The largest absolute Gasteiger partial charge is 0.389 e. The fourth-order valence-corrected chi connectivity index (χ4v) is 3.05. The number of nitrogens with two attached hydrogens (primary N) is 1. The van der Waals surface area contributed by atoms with Gasteiger partial charge in [0, 0.05) is 28.8 Å². The molecule has 0 unspecified atom stereocenters. The molecule has 3 rings (SSSR count). The molecule has 102 valence electrons. The summed E-state index contributed by atoms with van der Waals surface area (Å²) in [6.45, 7) is 6.45. The Morgan fingerprint density at radius 1 is 1.10 bits per heavy atom. The SMILES string of the molecule is CC(C)(C)c1nc(-c2cncc3ccccc23)c(N)s1. The van der Waals surface area contributed by atoms with Crippen LogP contribution in [0.5, 0.6) is 0 Å². The van der Waals surface area contributed by atoms with Crippen LogP contribution in [0.15, 0.2) is 36.7 Å². The van der Waals surface area contributed by atoms with E-state index in [1.165, 1.54) is 0 Å². The lowest BCUT2D eigenvalue weighted by Gasteiger charge is -2.13. The number of pyridine rings is 1. The van der Waals surface area contributed by atoms with Crippen LogP contribution in [-0.4, -0.2) is 9.97 Å². The van der Waals surface area contributed by atoms with E-state index in [9.17, 15) is 0 Å². The van der Waals surface area contributed by atoms with Crippen LogP contribution in [0.4, 0.5) is 5.00 Å². The highest BCUT2D eigenvalue weighted by Crippen LogP contribution is 2.38. The lowest BCUT2D eigenvalue weighted by Crippen LogP contribution is -2.10. The summed E-state index contributed by atoms with van der Waals surface area (Å²) in [5, 5.41) is 4.06. The third-order valence-corrected chi connectivity index (χ3v) is 4.53. The van der Waals surface area contributed by atoms with Gasteiger partial charge < -0.3 is 5.73 Å². The molecular formula is C16H17N3S.